The quantitative estimate of drug-likeness (QED) is 0.875. The number of rotatable bonds is 4. The monoisotopic (exact) mass is 375 g/mol. The van der Waals surface area contributed by atoms with Gasteiger partial charge in [0.05, 0.1) is 12.5 Å². The highest BCUT2D eigenvalue weighted by atomic mass is 35.5. The van der Waals surface area contributed by atoms with Crippen LogP contribution in [0, 0.1) is 0 Å². The van der Waals surface area contributed by atoms with E-state index in [-0.39, 0.29) is 0 Å². The number of nitrogens with two attached hydrogens (primary N) is 1. The Labute approximate surface area is 159 Å². The minimum atomic E-state index is 0.316. The molecule has 3 heterocycles. The molecule has 26 heavy (non-hydrogen) atoms. The molecule has 0 aliphatic carbocycles. The third kappa shape index (κ3) is 3.59. The molecule has 0 spiro atoms. The zero-order chi connectivity index (χ0) is 18.1. The van der Waals surface area contributed by atoms with Gasteiger partial charge in [0.1, 0.15) is 11.7 Å². The molecule has 0 amide bonds. The Kier molecular flexibility index (Phi) is 5.16. The van der Waals surface area contributed by atoms with Gasteiger partial charge in [0, 0.05) is 43.9 Å². The van der Waals surface area contributed by atoms with E-state index in [9.17, 15) is 0 Å². The average molecular weight is 376 g/mol. The summed E-state index contributed by atoms with van der Waals surface area (Å²) in [5, 5.41) is 8.96. The van der Waals surface area contributed by atoms with Gasteiger partial charge in [-0.15, -0.1) is 10.2 Å². The number of hydrogen-bond acceptors (Lipinski definition) is 6. The van der Waals surface area contributed by atoms with Gasteiger partial charge in [-0.1, -0.05) is 23.7 Å². The summed E-state index contributed by atoms with van der Waals surface area (Å²) in [5.74, 6) is 1.65. The van der Waals surface area contributed by atoms with Crippen LogP contribution < -0.4 is 5.73 Å². The standard InChI is InChI=1S/C19H26ClN5O/c1-26-17-12-25(16(17)10-13-2-4-14(20)5-3-13)15-6-8-24(9-7-15)19-11-18(21)22-23-19/h2-5,15-17H,6-12H2,1H3,(H2,21,22)/t16-,17-/m0/s1. The molecule has 1 aromatic rings. The maximum absolute atomic E-state index is 6.01. The summed E-state index contributed by atoms with van der Waals surface area (Å²) in [4.78, 5) is 4.96. The summed E-state index contributed by atoms with van der Waals surface area (Å²) in [5.41, 5.74) is 7.06. The fourth-order valence-electron chi connectivity index (χ4n) is 4.29. The van der Waals surface area contributed by atoms with Gasteiger partial charge >= 0.3 is 0 Å². The van der Waals surface area contributed by atoms with Crippen molar-refractivity contribution in [2.24, 2.45) is 15.9 Å². The SMILES string of the molecule is CO[C@H]1CN(C2CCN(C3=NN=C(N)C3)CC2)[C@H]1Cc1ccc(Cl)cc1. The zero-order valence-electron chi connectivity index (χ0n) is 15.1. The Morgan fingerprint density at radius 2 is 1.92 bits per heavy atom. The Hall–Kier alpha value is -1.63. The lowest BCUT2D eigenvalue weighted by molar-refractivity contribution is -0.111. The molecular formula is C19H26ClN5O. The molecule has 2 fully saturated rings. The summed E-state index contributed by atoms with van der Waals surface area (Å²) >= 11 is 6.01. The van der Waals surface area contributed by atoms with Crippen LogP contribution in [0.4, 0.5) is 0 Å². The van der Waals surface area contributed by atoms with E-state index in [4.69, 9.17) is 22.1 Å². The van der Waals surface area contributed by atoms with Crippen LogP contribution in [0.2, 0.25) is 5.02 Å². The third-order valence-corrected chi connectivity index (χ3v) is 6.09. The van der Waals surface area contributed by atoms with E-state index in [1.165, 1.54) is 5.56 Å². The predicted octanol–water partition coefficient (Wildman–Crippen LogP) is 2.12. The van der Waals surface area contributed by atoms with Crippen molar-refractivity contribution in [3.05, 3.63) is 34.9 Å². The summed E-state index contributed by atoms with van der Waals surface area (Å²) in [7, 11) is 1.82. The van der Waals surface area contributed by atoms with Crippen molar-refractivity contribution in [2.45, 2.75) is 43.9 Å². The molecule has 6 nitrogen and oxygen atoms in total. The summed E-state index contributed by atoms with van der Waals surface area (Å²) in [6, 6.07) is 9.23. The van der Waals surface area contributed by atoms with Gasteiger partial charge in [0.15, 0.2) is 0 Å². The second kappa shape index (κ2) is 7.55. The molecule has 0 unspecified atom stereocenters. The van der Waals surface area contributed by atoms with E-state index in [2.05, 4.69) is 32.1 Å². The number of amidine groups is 2. The fourth-order valence-corrected chi connectivity index (χ4v) is 4.41. The molecular weight excluding hydrogens is 350 g/mol. The van der Waals surface area contributed by atoms with Crippen molar-refractivity contribution in [3.63, 3.8) is 0 Å². The molecule has 1 aromatic carbocycles. The first-order chi connectivity index (χ1) is 12.6. The lowest BCUT2D eigenvalue weighted by Crippen LogP contribution is -2.66. The van der Waals surface area contributed by atoms with Crippen molar-refractivity contribution in [2.75, 3.05) is 26.7 Å². The van der Waals surface area contributed by atoms with Gasteiger partial charge in [-0.3, -0.25) is 4.90 Å². The number of methoxy groups -OCH3 is 1. The van der Waals surface area contributed by atoms with Crippen LogP contribution in [-0.2, 0) is 11.2 Å². The van der Waals surface area contributed by atoms with Crippen molar-refractivity contribution < 1.29 is 4.74 Å². The second-order valence-corrected chi connectivity index (χ2v) is 7.81. The summed E-state index contributed by atoms with van der Waals surface area (Å²) in [6.45, 7) is 3.07. The molecule has 3 aliphatic rings. The van der Waals surface area contributed by atoms with Gasteiger partial charge in [-0.25, -0.2) is 0 Å². The Morgan fingerprint density at radius 1 is 1.19 bits per heavy atom. The van der Waals surface area contributed by atoms with Crippen LogP contribution in [-0.4, -0.2) is 66.4 Å². The molecule has 3 aliphatic heterocycles. The van der Waals surface area contributed by atoms with Crippen LogP contribution in [0.25, 0.3) is 0 Å². The van der Waals surface area contributed by atoms with Crippen LogP contribution in [0.3, 0.4) is 0 Å². The van der Waals surface area contributed by atoms with E-state index in [1.807, 2.05) is 19.2 Å². The normalized spacial score (nSPS) is 27.2. The third-order valence-electron chi connectivity index (χ3n) is 5.84. The highest BCUT2D eigenvalue weighted by molar-refractivity contribution is 6.30. The minimum Gasteiger partial charge on any atom is -0.385 e. The van der Waals surface area contributed by atoms with E-state index in [0.717, 1.165) is 49.8 Å². The topological polar surface area (TPSA) is 66.5 Å². The molecule has 2 atom stereocenters. The van der Waals surface area contributed by atoms with Crippen molar-refractivity contribution in [3.8, 4) is 0 Å². The van der Waals surface area contributed by atoms with Crippen LogP contribution >= 0.6 is 11.6 Å². The highest BCUT2D eigenvalue weighted by Gasteiger charge is 2.43. The zero-order valence-corrected chi connectivity index (χ0v) is 15.9. The number of nitrogens with zero attached hydrogens (tertiary/aromatic N) is 4. The number of halogens is 1. The number of benzene rings is 1. The van der Waals surface area contributed by atoms with Gasteiger partial charge < -0.3 is 15.4 Å². The van der Waals surface area contributed by atoms with Crippen LogP contribution in [0.5, 0.6) is 0 Å². The van der Waals surface area contributed by atoms with Crippen molar-refractivity contribution in [1.82, 2.24) is 9.80 Å². The molecule has 2 saturated heterocycles. The molecule has 0 radical (unpaired) electrons. The lowest BCUT2D eigenvalue weighted by Gasteiger charge is -2.53. The number of hydrogen-bond donors (Lipinski definition) is 1. The van der Waals surface area contributed by atoms with Gasteiger partial charge in [0.2, 0.25) is 0 Å². The Morgan fingerprint density at radius 3 is 2.54 bits per heavy atom. The summed E-state index contributed by atoms with van der Waals surface area (Å²) in [6.07, 6.45) is 4.31. The molecule has 4 rings (SSSR count). The van der Waals surface area contributed by atoms with E-state index < -0.39 is 0 Å². The summed E-state index contributed by atoms with van der Waals surface area (Å²) < 4.78 is 5.70. The van der Waals surface area contributed by atoms with Gasteiger partial charge in [0.25, 0.3) is 0 Å². The second-order valence-electron chi connectivity index (χ2n) is 7.37. The first-order valence-electron chi connectivity index (χ1n) is 9.31. The van der Waals surface area contributed by atoms with Gasteiger partial charge in [-0.2, -0.15) is 0 Å². The first-order valence-corrected chi connectivity index (χ1v) is 9.68. The van der Waals surface area contributed by atoms with E-state index in [1.54, 1.807) is 0 Å². The molecule has 0 bridgehead atoms. The van der Waals surface area contributed by atoms with E-state index >= 15 is 0 Å². The predicted molar refractivity (Wildman–Crippen MR) is 105 cm³/mol. The van der Waals surface area contributed by atoms with E-state index in [0.29, 0.717) is 30.4 Å². The first kappa shape index (κ1) is 17.8. The average Bonchev–Trinajstić information content (AvgIpc) is 3.08. The minimum absolute atomic E-state index is 0.316. The van der Waals surface area contributed by atoms with Crippen LogP contribution in [0.1, 0.15) is 24.8 Å². The lowest BCUT2D eigenvalue weighted by atomic mass is 9.87. The largest absolute Gasteiger partial charge is 0.385 e. The molecule has 0 aromatic heterocycles. The Bertz CT molecular complexity index is 696. The Balaban J connectivity index is 1.34. The maximum atomic E-state index is 6.01. The van der Waals surface area contributed by atoms with Crippen molar-refractivity contribution >= 4 is 23.3 Å². The van der Waals surface area contributed by atoms with Gasteiger partial charge in [-0.05, 0) is 37.0 Å². The molecule has 140 valence electrons. The molecule has 0 saturated carbocycles. The van der Waals surface area contributed by atoms with Crippen molar-refractivity contribution in [1.29, 1.82) is 0 Å². The smallest absolute Gasteiger partial charge is 0.135 e. The highest BCUT2D eigenvalue weighted by Crippen LogP contribution is 2.31. The van der Waals surface area contributed by atoms with Crippen LogP contribution in [0.15, 0.2) is 34.5 Å². The number of ether oxygens (including phenoxy) is 1. The number of likely N-dealkylation sites (tertiary alicyclic amines) is 2. The number of piperidine rings is 1. The molecule has 7 heteroatoms. The fraction of sp³-hybridized carbons (Fsp3) is 0.579. The molecule has 2 N–H and O–H groups in total. The maximum Gasteiger partial charge on any atom is 0.135 e.